The van der Waals surface area contributed by atoms with Crippen LogP contribution in [0.3, 0.4) is 0 Å². The van der Waals surface area contributed by atoms with Gasteiger partial charge in [-0.2, -0.15) is 0 Å². The van der Waals surface area contributed by atoms with Gasteiger partial charge in [0.25, 0.3) is 0 Å². The molecule has 1 aliphatic rings. The summed E-state index contributed by atoms with van der Waals surface area (Å²) in [6.07, 6.45) is -5.36. The van der Waals surface area contributed by atoms with Crippen LogP contribution in [-0.2, 0) is 4.74 Å². The molecule has 2 aromatic carbocycles. The summed E-state index contributed by atoms with van der Waals surface area (Å²) in [4.78, 5) is 0. The van der Waals surface area contributed by atoms with E-state index in [4.69, 9.17) is 9.47 Å². The van der Waals surface area contributed by atoms with E-state index >= 15 is 0 Å². The van der Waals surface area contributed by atoms with Crippen LogP contribution < -0.4 is 4.74 Å². The molecule has 1 fully saturated rings. The van der Waals surface area contributed by atoms with Crippen molar-refractivity contribution in [3.05, 3.63) is 53.3 Å². The topological polar surface area (TPSA) is 99.4 Å². The Bertz CT molecular complexity index is 853. The van der Waals surface area contributed by atoms with Crippen LogP contribution in [0.2, 0.25) is 0 Å². The Morgan fingerprint density at radius 3 is 2.25 bits per heavy atom. The SMILES string of the molecule is Cc1cc(-c2ccc(O[C@H]3O[C@H](CO)[C@@H](O)[C@H](O)[C@]3(C)O)c(C)c2)ccc1F. The number of hydrogen-bond donors (Lipinski definition) is 4. The average Bonchev–Trinajstić information content (AvgIpc) is 2.66. The van der Waals surface area contributed by atoms with Crippen molar-refractivity contribution >= 4 is 0 Å². The molecule has 0 spiro atoms. The molecule has 2 aromatic rings. The summed E-state index contributed by atoms with van der Waals surface area (Å²) >= 11 is 0. The van der Waals surface area contributed by atoms with E-state index < -0.39 is 36.8 Å². The maximum atomic E-state index is 13.5. The second kappa shape index (κ2) is 7.77. The number of ether oxygens (including phenoxy) is 2. The van der Waals surface area contributed by atoms with Crippen LogP contribution in [0, 0.1) is 19.7 Å². The molecular formula is C21H25FO6. The third-order valence-electron chi connectivity index (χ3n) is 5.16. The molecule has 28 heavy (non-hydrogen) atoms. The van der Waals surface area contributed by atoms with Gasteiger partial charge in [-0.15, -0.1) is 0 Å². The van der Waals surface area contributed by atoms with Crippen LogP contribution in [0.15, 0.2) is 36.4 Å². The summed E-state index contributed by atoms with van der Waals surface area (Å²) in [5.74, 6) is 0.143. The molecule has 0 bridgehead atoms. The molecule has 1 aliphatic heterocycles. The first kappa shape index (κ1) is 20.7. The normalized spacial score (nSPS) is 30.3. The van der Waals surface area contributed by atoms with Crippen molar-refractivity contribution in [2.75, 3.05) is 6.61 Å². The number of halogens is 1. The quantitative estimate of drug-likeness (QED) is 0.632. The number of aryl methyl sites for hydroxylation is 2. The predicted molar refractivity (Wildman–Crippen MR) is 100 cm³/mol. The minimum Gasteiger partial charge on any atom is -0.461 e. The Morgan fingerprint density at radius 1 is 1.07 bits per heavy atom. The van der Waals surface area contributed by atoms with Crippen molar-refractivity contribution in [1.82, 2.24) is 0 Å². The van der Waals surface area contributed by atoms with E-state index in [9.17, 15) is 24.8 Å². The van der Waals surface area contributed by atoms with Crippen molar-refractivity contribution in [1.29, 1.82) is 0 Å². The molecular weight excluding hydrogens is 367 g/mol. The Hall–Kier alpha value is -2.03. The zero-order chi connectivity index (χ0) is 20.6. The Morgan fingerprint density at radius 2 is 1.68 bits per heavy atom. The van der Waals surface area contributed by atoms with Gasteiger partial charge in [-0.05, 0) is 67.3 Å². The average molecular weight is 392 g/mol. The summed E-state index contributed by atoms with van der Waals surface area (Å²) in [5, 5.41) is 40.0. The highest BCUT2D eigenvalue weighted by Gasteiger charge is 2.53. The molecule has 5 atom stereocenters. The van der Waals surface area contributed by atoms with Crippen molar-refractivity contribution in [3.8, 4) is 16.9 Å². The summed E-state index contributed by atoms with van der Waals surface area (Å²) in [6, 6.07) is 10.2. The second-order valence-corrected chi connectivity index (χ2v) is 7.41. The summed E-state index contributed by atoms with van der Waals surface area (Å²) in [6.45, 7) is 4.27. The Labute approximate surface area is 162 Å². The smallest absolute Gasteiger partial charge is 0.231 e. The molecule has 0 aliphatic carbocycles. The molecule has 0 radical (unpaired) electrons. The predicted octanol–water partition coefficient (Wildman–Crippen LogP) is 1.68. The lowest BCUT2D eigenvalue weighted by atomic mass is 9.88. The van der Waals surface area contributed by atoms with Crippen molar-refractivity contribution in [2.45, 2.75) is 51.0 Å². The van der Waals surface area contributed by atoms with Crippen LogP contribution in [0.1, 0.15) is 18.1 Å². The van der Waals surface area contributed by atoms with Crippen molar-refractivity contribution < 1.29 is 34.3 Å². The van der Waals surface area contributed by atoms with E-state index in [1.807, 2.05) is 13.0 Å². The van der Waals surface area contributed by atoms with Gasteiger partial charge in [0.1, 0.15) is 29.9 Å². The third kappa shape index (κ3) is 3.76. The lowest BCUT2D eigenvalue weighted by Crippen LogP contribution is -2.66. The second-order valence-electron chi connectivity index (χ2n) is 7.41. The molecule has 4 N–H and O–H groups in total. The molecule has 1 saturated heterocycles. The molecule has 6 nitrogen and oxygen atoms in total. The molecule has 0 saturated carbocycles. The van der Waals surface area contributed by atoms with E-state index in [-0.39, 0.29) is 5.82 Å². The lowest BCUT2D eigenvalue weighted by Gasteiger charge is -2.45. The maximum Gasteiger partial charge on any atom is 0.231 e. The summed E-state index contributed by atoms with van der Waals surface area (Å²) in [7, 11) is 0. The van der Waals surface area contributed by atoms with Gasteiger partial charge in [0.05, 0.1) is 6.61 Å². The minimum absolute atomic E-state index is 0.267. The van der Waals surface area contributed by atoms with E-state index in [2.05, 4.69) is 0 Å². The van der Waals surface area contributed by atoms with Gasteiger partial charge >= 0.3 is 0 Å². The standard InChI is InChI=1S/C21H25FO6/c1-11-8-13(4-6-15(11)22)14-5-7-16(12(2)9-14)27-20-21(3,26)19(25)18(24)17(10-23)28-20/h4-9,17-20,23-26H,10H2,1-3H3/t17-,18-,19+,20+,21+/m1/s1. The van der Waals surface area contributed by atoms with Gasteiger partial charge < -0.3 is 29.9 Å². The molecule has 0 amide bonds. The van der Waals surface area contributed by atoms with E-state index in [0.717, 1.165) is 16.7 Å². The van der Waals surface area contributed by atoms with Crippen LogP contribution in [0.25, 0.3) is 11.1 Å². The van der Waals surface area contributed by atoms with Gasteiger partial charge in [-0.1, -0.05) is 12.1 Å². The van der Waals surface area contributed by atoms with Crippen LogP contribution >= 0.6 is 0 Å². The van der Waals surface area contributed by atoms with Crippen molar-refractivity contribution in [3.63, 3.8) is 0 Å². The van der Waals surface area contributed by atoms with Crippen LogP contribution in [0.4, 0.5) is 4.39 Å². The first-order valence-corrected chi connectivity index (χ1v) is 9.03. The van der Waals surface area contributed by atoms with E-state index in [1.54, 1.807) is 31.2 Å². The largest absolute Gasteiger partial charge is 0.461 e. The minimum atomic E-state index is -1.88. The van der Waals surface area contributed by atoms with Crippen molar-refractivity contribution in [2.24, 2.45) is 0 Å². The Balaban J connectivity index is 1.85. The van der Waals surface area contributed by atoms with Gasteiger partial charge in [-0.3, -0.25) is 0 Å². The van der Waals surface area contributed by atoms with Crippen LogP contribution in [-0.4, -0.2) is 57.2 Å². The van der Waals surface area contributed by atoms with Gasteiger partial charge in [0.15, 0.2) is 5.60 Å². The van der Waals surface area contributed by atoms with Crippen LogP contribution in [0.5, 0.6) is 5.75 Å². The molecule has 152 valence electrons. The zero-order valence-corrected chi connectivity index (χ0v) is 16.0. The first-order valence-electron chi connectivity index (χ1n) is 9.03. The van der Waals surface area contributed by atoms with Gasteiger partial charge in [-0.25, -0.2) is 4.39 Å². The summed E-state index contributed by atoms with van der Waals surface area (Å²) < 4.78 is 24.7. The summed E-state index contributed by atoms with van der Waals surface area (Å²) in [5.41, 5.74) is 1.12. The third-order valence-corrected chi connectivity index (χ3v) is 5.16. The number of rotatable bonds is 4. The molecule has 0 aromatic heterocycles. The number of hydrogen-bond acceptors (Lipinski definition) is 6. The van der Waals surface area contributed by atoms with Gasteiger partial charge in [0.2, 0.25) is 6.29 Å². The van der Waals surface area contributed by atoms with E-state index in [1.165, 1.54) is 13.0 Å². The lowest BCUT2D eigenvalue weighted by molar-refractivity contribution is -0.314. The number of benzene rings is 2. The zero-order valence-electron chi connectivity index (χ0n) is 16.0. The maximum absolute atomic E-state index is 13.5. The van der Waals surface area contributed by atoms with Gasteiger partial charge in [0, 0.05) is 0 Å². The molecule has 7 heteroatoms. The number of aliphatic hydroxyl groups is 4. The Kier molecular flexibility index (Phi) is 5.74. The highest BCUT2D eigenvalue weighted by Crippen LogP contribution is 2.34. The highest BCUT2D eigenvalue weighted by atomic mass is 19.1. The fourth-order valence-electron chi connectivity index (χ4n) is 3.26. The fourth-order valence-corrected chi connectivity index (χ4v) is 3.26. The highest BCUT2D eigenvalue weighted by molar-refractivity contribution is 5.66. The molecule has 1 heterocycles. The first-order chi connectivity index (χ1) is 13.1. The fraction of sp³-hybridized carbons (Fsp3) is 0.429. The number of aliphatic hydroxyl groups excluding tert-OH is 3. The van der Waals surface area contributed by atoms with E-state index in [0.29, 0.717) is 11.3 Å². The molecule has 0 unspecified atom stereocenters. The monoisotopic (exact) mass is 392 g/mol. The molecule has 3 rings (SSSR count).